The van der Waals surface area contributed by atoms with Gasteiger partial charge in [-0.3, -0.25) is 0 Å². The Morgan fingerprint density at radius 2 is 1.67 bits per heavy atom. The summed E-state index contributed by atoms with van der Waals surface area (Å²) < 4.78 is 0. The fourth-order valence-corrected chi connectivity index (χ4v) is 1.97. The first-order valence-corrected chi connectivity index (χ1v) is 5.89. The van der Waals surface area contributed by atoms with Gasteiger partial charge in [-0.1, -0.05) is 39.3 Å². The van der Waals surface area contributed by atoms with Crippen LogP contribution in [0.25, 0.3) is 0 Å². The Bertz CT molecular complexity index is 276. The van der Waals surface area contributed by atoms with Crippen LogP contribution in [0.2, 0.25) is 0 Å². The third kappa shape index (κ3) is 4.37. The van der Waals surface area contributed by atoms with Crippen molar-refractivity contribution < 1.29 is 5.11 Å². The van der Waals surface area contributed by atoms with Gasteiger partial charge in [-0.15, -0.1) is 0 Å². The minimum absolute atomic E-state index is 0.355. The lowest BCUT2D eigenvalue weighted by molar-refractivity contribution is 0.404. The predicted molar refractivity (Wildman–Crippen MR) is 65.0 cm³/mol. The van der Waals surface area contributed by atoms with Crippen molar-refractivity contribution in [2.24, 2.45) is 11.8 Å². The summed E-state index contributed by atoms with van der Waals surface area (Å²) in [5.41, 5.74) is 1.32. The summed E-state index contributed by atoms with van der Waals surface area (Å²) in [4.78, 5) is 0. The highest BCUT2D eigenvalue weighted by molar-refractivity contribution is 5.26. The van der Waals surface area contributed by atoms with Crippen molar-refractivity contribution in [2.45, 2.75) is 40.0 Å². The monoisotopic (exact) mass is 206 g/mol. The quantitative estimate of drug-likeness (QED) is 0.771. The Morgan fingerprint density at radius 1 is 1.07 bits per heavy atom. The van der Waals surface area contributed by atoms with Crippen LogP contribution in [0, 0.1) is 11.8 Å². The van der Waals surface area contributed by atoms with E-state index in [9.17, 15) is 5.11 Å². The first-order chi connectivity index (χ1) is 7.11. The van der Waals surface area contributed by atoms with E-state index in [1.165, 1.54) is 18.4 Å². The lowest BCUT2D eigenvalue weighted by atomic mass is 9.90. The van der Waals surface area contributed by atoms with Crippen LogP contribution < -0.4 is 0 Å². The molecule has 1 heteroatoms. The van der Waals surface area contributed by atoms with Gasteiger partial charge in [0.15, 0.2) is 0 Å². The van der Waals surface area contributed by atoms with Crippen molar-refractivity contribution in [3.05, 3.63) is 29.8 Å². The fraction of sp³-hybridized carbons (Fsp3) is 0.571. The molecule has 15 heavy (non-hydrogen) atoms. The van der Waals surface area contributed by atoms with E-state index in [0.717, 1.165) is 18.3 Å². The van der Waals surface area contributed by atoms with Crippen molar-refractivity contribution in [1.82, 2.24) is 0 Å². The molecule has 0 radical (unpaired) electrons. The Balaban J connectivity index is 2.44. The third-order valence-corrected chi connectivity index (χ3v) is 3.02. The summed E-state index contributed by atoms with van der Waals surface area (Å²) in [5.74, 6) is 1.90. The molecule has 0 spiro atoms. The maximum Gasteiger partial charge on any atom is 0.115 e. The zero-order valence-electron chi connectivity index (χ0n) is 10.0. The average Bonchev–Trinajstić information content (AvgIpc) is 2.21. The van der Waals surface area contributed by atoms with E-state index in [0.29, 0.717) is 5.75 Å². The van der Waals surface area contributed by atoms with Crippen molar-refractivity contribution in [3.63, 3.8) is 0 Å². The van der Waals surface area contributed by atoms with Crippen molar-refractivity contribution in [2.75, 3.05) is 0 Å². The highest BCUT2D eigenvalue weighted by atomic mass is 16.3. The molecule has 1 aromatic carbocycles. The summed E-state index contributed by atoms with van der Waals surface area (Å²) in [6, 6.07) is 7.57. The molecule has 84 valence electrons. The average molecular weight is 206 g/mol. The molecule has 0 amide bonds. The van der Waals surface area contributed by atoms with Crippen LogP contribution in [0.1, 0.15) is 39.2 Å². The summed E-state index contributed by atoms with van der Waals surface area (Å²) in [5, 5.41) is 9.17. The van der Waals surface area contributed by atoms with Gasteiger partial charge in [0.25, 0.3) is 0 Å². The molecule has 1 nitrogen and oxygen atoms in total. The normalized spacial score (nSPS) is 14.9. The topological polar surface area (TPSA) is 20.2 Å². The van der Waals surface area contributed by atoms with Crippen LogP contribution in [-0.2, 0) is 6.42 Å². The summed E-state index contributed by atoms with van der Waals surface area (Å²) in [6.07, 6.45) is 3.67. The van der Waals surface area contributed by atoms with Crippen LogP contribution in [0.15, 0.2) is 24.3 Å². The van der Waals surface area contributed by atoms with Crippen LogP contribution in [0.5, 0.6) is 5.75 Å². The van der Waals surface area contributed by atoms with E-state index in [-0.39, 0.29) is 0 Å². The van der Waals surface area contributed by atoms with Crippen molar-refractivity contribution >= 4 is 0 Å². The number of hydrogen-bond acceptors (Lipinski definition) is 1. The molecular formula is C14H22O. The van der Waals surface area contributed by atoms with E-state index in [4.69, 9.17) is 0 Å². The molecule has 0 bridgehead atoms. The summed E-state index contributed by atoms with van der Waals surface area (Å²) >= 11 is 0. The van der Waals surface area contributed by atoms with Gasteiger partial charge >= 0.3 is 0 Å². The number of aromatic hydroxyl groups is 1. The van der Waals surface area contributed by atoms with Crippen LogP contribution in [0.3, 0.4) is 0 Å². The molecule has 0 aliphatic rings. The van der Waals surface area contributed by atoms with Gasteiger partial charge in [-0.25, -0.2) is 0 Å². The highest BCUT2D eigenvalue weighted by Gasteiger charge is 2.07. The Labute approximate surface area is 93.1 Å². The molecule has 0 heterocycles. The lowest BCUT2D eigenvalue weighted by Gasteiger charge is -2.15. The van der Waals surface area contributed by atoms with Crippen molar-refractivity contribution in [3.8, 4) is 5.75 Å². The molecule has 1 unspecified atom stereocenters. The Hall–Kier alpha value is -0.980. The largest absolute Gasteiger partial charge is 0.508 e. The SMILES string of the molecule is CCC(C)C[C@@H](C)Cc1ccc(O)cc1. The van der Waals surface area contributed by atoms with E-state index in [2.05, 4.69) is 20.8 Å². The first kappa shape index (κ1) is 12.1. The van der Waals surface area contributed by atoms with Crippen LogP contribution in [0.4, 0.5) is 0 Å². The number of phenols is 1. The molecule has 0 aliphatic carbocycles. The molecule has 0 fully saturated rings. The molecular weight excluding hydrogens is 184 g/mol. The number of phenolic OH excluding ortho intramolecular Hbond substituents is 1. The van der Waals surface area contributed by atoms with Crippen LogP contribution >= 0.6 is 0 Å². The number of benzene rings is 1. The first-order valence-electron chi connectivity index (χ1n) is 5.89. The standard InChI is InChI=1S/C14H22O/c1-4-11(2)9-12(3)10-13-5-7-14(15)8-6-13/h5-8,11-12,15H,4,9-10H2,1-3H3/t11?,12-/m1/s1. The summed E-state index contributed by atoms with van der Waals surface area (Å²) in [7, 11) is 0. The van der Waals surface area contributed by atoms with Gasteiger partial charge in [0, 0.05) is 0 Å². The van der Waals surface area contributed by atoms with E-state index >= 15 is 0 Å². The molecule has 0 saturated carbocycles. The van der Waals surface area contributed by atoms with Gasteiger partial charge in [0.1, 0.15) is 5.75 Å². The zero-order valence-corrected chi connectivity index (χ0v) is 10.0. The maximum absolute atomic E-state index is 9.17. The minimum atomic E-state index is 0.355. The van der Waals surface area contributed by atoms with Crippen molar-refractivity contribution in [1.29, 1.82) is 0 Å². The second-order valence-corrected chi connectivity index (χ2v) is 4.72. The molecule has 1 N–H and O–H groups in total. The van der Waals surface area contributed by atoms with E-state index in [1.807, 2.05) is 12.1 Å². The Morgan fingerprint density at radius 3 is 2.20 bits per heavy atom. The predicted octanol–water partition coefficient (Wildman–Crippen LogP) is 4.01. The van der Waals surface area contributed by atoms with Gasteiger partial charge in [0.2, 0.25) is 0 Å². The van der Waals surface area contributed by atoms with Gasteiger partial charge in [-0.05, 0) is 42.4 Å². The smallest absolute Gasteiger partial charge is 0.115 e. The number of hydrogen-bond donors (Lipinski definition) is 1. The molecule has 0 aromatic heterocycles. The van der Waals surface area contributed by atoms with Gasteiger partial charge in [-0.2, -0.15) is 0 Å². The molecule has 0 saturated heterocycles. The second-order valence-electron chi connectivity index (χ2n) is 4.72. The van der Waals surface area contributed by atoms with Crippen LogP contribution in [-0.4, -0.2) is 5.11 Å². The molecule has 1 aromatic rings. The minimum Gasteiger partial charge on any atom is -0.508 e. The van der Waals surface area contributed by atoms with Gasteiger partial charge in [0.05, 0.1) is 0 Å². The number of rotatable bonds is 5. The second kappa shape index (κ2) is 5.79. The summed E-state index contributed by atoms with van der Waals surface area (Å²) in [6.45, 7) is 6.87. The van der Waals surface area contributed by atoms with Gasteiger partial charge < -0.3 is 5.11 Å². The Kier molecular flexibility index (Phi) is 4.67. The zero-order chi connectivity index (χ0) is 11.3. The third-order valence-electron chi connectivity index (χ3n) is 3.02. The fourth-order valence-electron chi connectivity index (χ4n) is 1.97. The maximum atomic E-state index is 9.17. The lowest BCUT2D eigenvalue weighted by Crippen LogP contribution is -2.05. The molecule has 0 aliphatic heterocycles. The van der Waals surface area contributed by atoms with E-state index < -0.39 is 0 Å². The highest BCUT2D eigenvalue weighted by Crippen LogP contribution is 2.20. The van der Waals surface area contributed by atoms with E-state index in [1.54, 1.807) is 12.1 Å². The molecule has 2 atom stereocenters. The molecule has 1 rings (SSSR count).